The van der Waals surface area contributed by atoms with Crippen LogP contribution >= 0.6 is 0 Å². The van der Waals surface area contributed by atoms with Crippen molar-refractivity contribution < 1.29 is 13.2 Å². The van der Waals surface area contributed by atoms with Crippen molar-refractivity contribution in [1.82, 2.24) is 14.6 Å². The van der Waals surface area contributed by atoms with Crippen LogP contribution in [0.15, 0.2) is 71.8 Å². The Kier molecular flexibility index (Phi) is 7.38. The lowest BCUT2D eigenvalue weighted by Crippen LogP contribution is -2.50. The van der Waals surface area contributed by atoms with Crippen molar-refractivity contribution in [1.29, 1.82) is 0 Å². The predicted octanol–water partition coefficient (Wildman–Crippen LogP) is 3.57. The van der Waals surface area contributed by atoms with Gasteiger partial charge in [0, 0.05) is 31.4 Å². The number of fused-ring (bicyclic) bond motifs is 1. The Hall–Kier alpha value is -3.47. The van der Waals surface area contributed by atoms with E-state index in [1.807, 2.05) is 56.4 Å². The van der Waals surface area contributed by atoms with Gasteiger partial charge in [0.1, 0.15) is 11.9 Å². The highest BCUT2D eigenvalue weighted by Crippen LogP contribution is 2.38. The number of nitrogens with zero attached hydrogens (tertiary/aromatic N) is 4. The topological polar surface area (TPSA) is 97.9 Å². The first-order valence-electron chi connectivity index (χ1n) is 12.9. The van der Waals surface area contributed by atoms with Gasteiger partial charge in [0.15, 0.2) is 0 Å². The van der Waals surface area contributed by atoms with Crippen LogP contribution in [0.1, 0.15) is 25.3 Å². The molecule has 0 aliphatic carbocycles. The standard InChI is InChI=1S/C28H34N6O3S/c1-20-28(35)33(3)26-18-29-27(17-25(26)34(20)19-21-8-5-4-6-9-21)30-23-10-7-11-24(16-23)38(36,37)31-22-12-14-32(2)15-13-22/h4-11,16-18,20,22,31H,12-15,19H2,1-3H3,(H,29,30)/t20-/m0/s1. The van der Waals surface area contributed by atoms with Crippen LogP contribution in [-0.4, -0.2) is 63.5 Å². The third-order valence-corrected chi connectivity index (χ3v) is 8.86. The Morgan fingerprint density at radius 2 is 1.71 bits per heavy atom. The number of hydrogen-bond donors (Lipinski definition) is 2. The molecule has 5 rings (SSSR count). The van der Waals surface area contributed by atoms with E-state index >= 15 is 0 Å². The molecule has 1 saturated heterocycles. The zero-order valence-corrected chi connectivity index (χ0v) is 22.8. The molecule has 0 spiro atoms. The Balaban J connectivity index is 1.38. The Morgan fingerprint density at radius 3 is 2.45 bits per heavy atom. The summed E-state index contributed by atoms with van der Waals surface area (Å²) in [4.78, 5) is 23.6. The third kappa shape index (κ3) is 5.52. The third-order valence-electron chi connectivity index (χ3n) is 7.34. The number of carbonyl (C=O) groups excluding carboxylic acids is 1. The maximum atomic E-state index is 13.1. The van der Waals surface area contributed by atoms with Crippen LogP contribution in [0, 0.1) is 0 Å². The van der Waals surface area contributed by atoms with Gasteiger partial charge < -0.3 is 20.0 Å². The van der Waals surface area contributed by atoms with Gasteiger partial charge >= 0.3 is 0 Å². The van der Waals surface area contributed by atoms with Gasteiger partial charge in [-0.3, -0.25) is 4.79 Å². The first-order valence-corrected chi connectivity index (χ1v) is 14.4. The normalized spacial score (nSPS) is 18.9. The molecule has 2 aromatic carbocycles. The number of benzene rings is 2. The van der Waals surface area contributed by atoms with Crippen LogP contribution in [0.4, 0.5) is 22.9 Å². The van der Waals surface area contributed by atoms with E-state index in [4.69, 9.17) is 0 Å². The second-order valence-electron chi connectivity index (χ2n) is 10.1. The zero-order valence-electron chi connectivity index (χ0n) is 22.0. The fourth-order valence-electron chi connectivity index (χ4n) is 5.04. The second-order valence-corrected chi connectivity index (χ2v) is 11.8. The van der Waals surface area contributed by atoms with Gasteiger partial charge in [0.25, 0.3) is 0 Å². The predicted molar refractivity (Wildman–Crippen MR) is 150 cm³/mol. The lowest BCUT2D eigenvalue weighted by atomic mass is 10.1. The summed E-state index contributed by atoms with van der Waals surface area (Å²) in [5, 5.41) is 3.26. The van der Waals surface area contributed by atoms with Gasteiger partial charge in [-0.2, -0.15) is 0 Å². The number of sulfonamides is 1. The van der Waals surface area contributed by atoms with E-state index < -0.39 is 10.0 Å². The molecule has 1 atom stereocenters. The highest BCUT2D eigenvalue weighted by Gasteiger charge is 2.34. The molecule has 10 heteroatoms. The second kappa shape index (κ2) is 10.7. The molecule has 3 aromatic rings. The molecular formula is C28H34N6O3S. The van der Waals surface area contributed by atoms with Crippen LogP contribution in [-0.2, 0) is 21.4 Å². The van der Waals surface area contributed by atoms with Crippen molar-refractivity contribution in [3.63, 3.8) is 0 Å². The number of amides is 1. The fraction of sp³-hybridized carbons (Fsp3) is 0.357. The van der Waals surface area contributed by atoms with E-state index in [2.05, 4.69) is 24.8 Å². The molecule has 0 bridgehead atoms. The summed E-state index contributed by atoms with van der Waals surface area (Å²) in [6.07, 6.45) is 3.27. The van der Waals surface area contributed by atoms with E-state index in [0.29, 0.717) is 18.1 Å². The summed E-state index contributed by atoms with van der Waals surface area (Å²) in [6.45, 7) is 4.23. The van der Waals surface area contributed by atoms with E-state index in [0.717, 1.165) is 42.9 Å². The number of likely N-dealkylation sites (tertiary alicyclic amines) is 1. The summed E-state index contributed by atoms with van der Waals surface area (Å²) in [7, 11) is 0.158. The van der Waals surface area contributed by atoms with Gasteiger partial charge in [-0.25, -0.2) is 18.1 Å². The molecule has 0 radical (unpaired) electrons. The van der Waals surface area contributed by atoms with Crippen LogP contribution in [0.3, 0.4) is 0 Å². The number of likely N-dealkylation sites (N-methyl/N-ethyl adjacent to an activating group) is 1. The number of carbonyl (C=O) groups is 1. The minimum atomic E-state index is -3.65. The smallest absolute Gasteiger partial charge is 0.249 e. The maximum Gasteiger partial charge on any atom is 0.249 e. The molecule has 9 nitrogen and oxygen atoms in total. The molecule has 1 aromatic heterocycles. The van der Waals surface area contributed by atoms with Gasteiger partial charge in [-0.05, 0) is 63.7 Å². The number of anilines is 4. The number of nitrogens with one attached hydrogen (secondary N) is 2. The van der Waals surface area contributed by atoms with Gasteiger partial charge in [0.2, 0.25) is 15.9 Å². The summed E-state index contributed by atoms with van der Waals surface area (Å²) in [5.41, 5.74) is 3.33. The number of piperidine rings is 1. The monoisotopic (exact) mass is 534 g/mol. The summed E-state index contributed by atoms with van der Waals surface area (Å²) in [6, 6.07) is 18.3. The molecule has 1 fully saturated rings. The first kappa shape index (κ1) is 26.1. The van der Waals surface area contributed by atoms with Crippen molar-refractivity contribution in [2.75, 3.05) is 42.3 Å². The maximum absolute atomic E-state index is 13.1. The Bertz CT molecular complexity index is 1410. The summed E-state index contributed by atoms with van der Waals surface area (Å²) in [5.74, 6) is 0.570. The molecule has 1 amide bonds. The van der Waals surface area contributed by atoms with Crippen molar-refractivity contribution in [3.05, 3.63) is 72.4 Å². The largest absolute Gasteiger partial charge is 0.354 e. The number of pyridine rings is 1. The first-order chi connectivity index (χ1) is 18.2. The molecule has 38 heavy (non-hydrogen) atoms. The average molecular weight is 535 g/mol. The quantitative estimate of drug-likeness (QED) is 0.478. The van der Waals surface area contributed by atoms with Gasteiger partial charge in [-0.1, -0.05) is 36.4 Å². The minimum Gasteiger partial charge on any atom is -0.354 e. The number of hydrogen-bond acceptors (Lipinski definition) is 7. The average Bonchev–Trinajstić information content (AvgIpc) is 2.92. The van der Waals surface area contributed by atoms with E-state index in [1.165, 1.54) is 0 Å². The lowest BCUT2D eigenvalue weighted by Gasteiger charge is -2.40. The van der Waals surface area contributed by atoms with Crippen LogP contribution in [0.25, 0.3) is 0 Å². The lowest BCUT2D eigenvalue weighted by molar-refractivity contribution is -0.119. The SMILES string of the molecule is C[C@H]1C(=O)N(C)c2cnc(Nc3cccc(S(=O)(=O)NC4CCN(C)CC4)c3)cc2N1Cc1ccccc1. The molecular weight excluding hydrogens is 500 g/mol. The number of aromatic nitrogens is 1. The van der Waals surface area contributed by atoms with Crippen molar-refractivity contribution in [2.45, 2.75) is 43.3 Å². The van der Waals surface area contributed by atoms with Gasteiger partial charge in [-0.15, -0.1) is 0 Å². The fourth-order valence-corrected chi connectivity index (χ4v) is 6.39. The van der Waals surface area contributed by atoms with E-state index in [9.17, 15) is 13.2 Å². The molecule has 0 saturated carbocycles. The van der Waals surface area contributed by atoms with Crippen molar-refractivity contribution >= 4 is 38.8 Å². The minimum absolute atomic E-state index is 0.00552. The summed E-state index contributed by atoms with van der Waals surface area (Å²) < 4.78 is 29.0. The van der Waals surface area contributed by atoms with Crippen molar-refractivity contribution in [2.24, 2.45) is 0 Å². The molecule has 2 aliphatic heterocycles. The summed E-state index contributed by atoms with van der Waals surface area (Å²) >= 11 is 0. The molecule has 200 valence electrons. The number of rotatable bonds is 7. The zero-order chi connectivity index (χ0) is 26.9. The molecule has 3 heterocycles. The highest BCUT2D eigenvalue weighted by molar-refractivity contribution is 7.89. The molecule has 2 N–H and O–H groups in total. The van der Waals surface area contributed by atoms with E-state index in [1.54, 1.807) is 36.3 Å². The Labute approximate surface area is 224 Å². The highest BCUT2D eigenvalue weighted by atomic mass is 32.2. The Morgan fingerprint density at radius 1 is 0.974 bits per heavy atom. The molecule has 0 unspecified atom stereocenters. The van der Waals surface area contributed by atoms with Crippen LogP contribution < -0.4 is 19.8 Å². The van der Waals surface area contributed by atoms with Crippen molar-refractivity contribution in [3.8, 4) is 0 Å². The van der Waals surface area contributed by atoms with E-state index in [-0.39, 0.29) is 22.9 Å². The van der Waals surface area contributed by atoms with Crippen LogP contribution in [0.5, 0.6) is 0 Å². The molecule has 2 aliphatic rings. The van der Waals surface area contributed by atoms with Crippen LogP contribution in [0.2, 0.25) is 0 Å². The van der Waals surface area contributed by atoms with Gasteiger partial charge in [0.05, 0.1) is 22.5 Å².